The summed E-state index contributed by atoms with van der Waals surface area (Å²) in [5.74, 6) is -1.01. The zero-order chi connectivity index (χ0) is 20.0. The van der Waals surface area contributed by atoms with E-state index in [-0.39, 0.29) is 16.8 Å². The fourth-order valence-corrected chi connectivity index (χ4v) is 4.16. The summed E-state index contributed by atoms with van der Waals surface area (Å²) in [6.45, 7) is 5.55. The normalized spacial score (nSPS) is 18.8. The molecule has 0 spiro atoms. The summed E-state index contributed by atoms with van der Waals surface area (Å²) < 4.78 is 31.8. The van der Waals surface area contributed by atoms with Crippen molar-refractivity contribution in [3.05, 3.63) is 29.8 Å². The fourth-order valence-electron chi connectivity index (χ4n) is 3.19. The number of nitrogens with zero attached hydrogens (tertiary/aromatic N) is 1. The Labute approximate surface area is 161 Å². The van der Waals surface area contributed by atoms with Crippen LogP contribution in [0.5, 0.6) is 0 Å². The summed E-state index contributed by atoms with van der Waals surface area (Å²) in [4.78, 5) is 26.4. The molecule has 1 aromatic carbocycles. The van der Waals surface area contributed by atoms with Gasteiger partial charge in [0.2, 0.25) is 10.0 Å². The van der Waals surface area contributed by atoms with Crippen LogP contribution in [0.3, 0.4) is 0 Å². The van der Waals surface area contributed by atoms with Crippen LogP contribution >= 0.6 is 0 Å². The molecule has 0 bridgehead atoms. The Morgan fingerprint density at radius 1 is 1.26 bits per heavy atom. The van der Waals surface area contributed by atoms with E-state index in [1.54, 1.807) is 17.0 Å². The highest BCUT2D eigenvalue weighted by atomic mass is 32.2. The number of benzene rings is 1. The zero-order valence-corrected chi connectivity index (χ0v) is 16.9. The second-order valence-corrected chi connectivity index (χ2v) is 8.63. The van der Waals surface area contributed by atoms with Gasteiger partial charge in [-0.25, -0.2) is 8.42 Å². The van der Waals surface area contributed by atoms with Crippen molar-refractivity contribution in [3.63, 3.8) is 0 Å². The molecule has 2 rings (SSSR count). The van der Waals surface area contributed by atoms with Gasteiger partial charge in [0.05, 0.1) is 4.90 Å². The van der Waals surface area contributed by atoms with E-state index < -0.39 is 28.6 Å². The van der Waals surface area contributed by atoms with Crippen LogP contribution < -0.4 is 4.72 Å². The third-order valence-corrected chi connectivity index (χ3v) is 6.19. The van der Waals surface area contributed by atoms with Gasteiger partial charge in [-0.1, -0.05) is 24.6 Å². The number of hydrogen-bond donors (Lipinski definition) is 1. The van der Waals surface area contributed by atoms with Gasteiger partial charge >= 0.3 is 5.97 Å². The van der Waals surface area contributed by atoms with Crippen LogP contribution in [0.15, 0.2) is 29.2 Å². The quantitative estimate of drug-likeness (QED) is 0.712. The van der Waals surface area contributed by atoms with Crippen LogP contribution in [0.1, 0.15) is 45.1 Å². The fraction of sp³-hybridized carbons (Fsp3) is 0.579. The maximum Gasteiger partial charge on any atom is 0.321 e. The average Bonchev–Trinajstić information content (AvgIpc) is 2.66. The second-order valence-electron chi connectivity index (χ2n) is 6.86. The lowest BCUT2D eigenvalue weighted by Gasteiger charge is -2.36. The standard InChI is InChI=1S/C19H28N2O5S/c1-4-16-7-5-6-12-21(16)19(23)15(3)26-18(22)13-20-27(24,25)17-10-8-14(2)9-11-17/h8-11,15-16,20H,4-7,12-13H2,1-3H3. The first-order valence-electron chi connectivity index (χ1n) is 9.31. The maximum absolute atomic E-state index is 12.6. The van der Waals surface area contributed by atoms with E-state index in [4.69, 9.17) is 4.74 Å². The van der Waals surface area contributed by atoms with Crippen molar-refractivity contribution in [3.8, 4) is 0 Å². The van der Waals surface area contributed by atoms with Crippen LogP contribution in [-0.2, 0) is 24.3 Å². The van der Waals surface area contributed by atoms with Crippen molar-refractivity contribution in [1.29, 1.82) is 0 Å². The molecule has 150 valence electrons. The lowest BCUT2D eigenvalue weighted by molar-refractivity contribution is -0.160. The molecular weight excluding hydrogens is 368 g/mol. The Kier molecular flexibility index (Phi) is 7.38. The van der Waals surface area contributed by atoms with Gasteiger partial charge in [0.1, 0.15) is 6.54 Å². The van der Waals surface area contributed by atoms with Gasteiger partial charge in [0.15, 0.2) is 6.10 Å². The van der Waals surface area contributed by atoms with Crippen LogP contribution in [-0.4, -0.2) is 50.4 Å². The predicted molar refractivity (Wildman–Crippen MR) is 102 cm³/mol. The van der Waals surface area contributed by atoms with Crippen molar-refractivity contribution < 1.29 is 22.7 Å². The Balaban J connectivity index is 1.89. The number of ether oxygens (including phenoxy) is 1. The van der Waals surface area contributed by atoms with E-state index in [2.05, 4.69) is 4.72 Å². The van der Waals surface area contributed by atoms with E-state index >= 15 is 0 Å². The topological polar surface area (TPSA) is 92.8 Å². The van der Waals surface area contributed by atoms with Crippen molar-refractivity contribution >= 4 is 21.9 Å². The Morgan fingerprint density at radius 3 is 2.56 bits per heavy atom. The molecule has 1 saturated heterocycles. The number of esters is 1. The minimum Gasteiger partial charge on any atom is -0.452 e. The lowest BCUT2D eigenvalue weighted by atomic mass is 9.99. The number of sulfonamides is 1. The molecule has 0 aliphatic carbocycles. The number of piperidine rings is 1. The third kappa shape index (κ3) is 5.77. The molecule has 1 aliphatic heterocycles. The van der Waals surface area contributed by atoms with Crippen molar-refractivity contribution in [2.75, 3.05) is 13.1 Å². The molecule has 1 aliphatic rings. The summed E-state index contributed by atoms with van der Waals surface area (Å²) in [6.07, 6.45) is 2.92. The van der Waals surface area contributed by atoms with Crippen molar-refractivity contribution in [2.45, 2.75) is 63.5 Å². The Morgan fingerprint density at radius 2 is 1.93 bits per heavy atom. The molecule has 0 radical (unpaired) electrons. The highest BCUT2D eigenvalue weighted by Crippen LogP contribution is 2.20. The first-order valence-corrected chi connectivity index (χ1v) is 10.8. The minimum atomic E-state index is -3.81. The summed E-state index contributed by atoms with van der Waals surface area (Å²) in [5.41, 5.74) is 0.934. The second kappa shape index (κ2) is 9.32. The van der Waals surface area contributed by atoms with Crippen LogP contribution in [0.25, 0.3) is 0 Å². The highest BCUT2D eigenvalue weighted by Gasteiger charge is 2.30. The van der Waals surface area contributed by atoms with Gasteiger partial charge in [-0.15, -0.1) is 0 Å². The van der Waals surface area contributed by atoms with E-state index in [9.17, 15) is 18.0 Å². The number of aryl methyl sites for hydroxylation is 1. The van der Waals surface area contributed by atoms with E-state index in [0.717, 1.165) is 31.2 Å². The number of carbonyl (C=O) groups is 2. The van der Waals surface area contributed by atoms with Crippen LogP contribution in [0.4, 0.5) is 0 Å². The summed E-state index contributed by atoms with van der Waals surface area (Å²) in [6, 6.07) is 6.46. The smallest absolute Gasteiger partial charge is 0.321 e. The monoisotopic (exact) mass is 396 g/mol. The number of amides is 1. The lowest BCUT2D eigenvalue weighted by Crippen LogP contribution is -2.48. The molecule has 1 aromatic rings. The molecule has 1 fully saturated rings. The minimum absolute atomic E-state index is 0.0733. The molecule has 27 heavy (non-hydrogen) atoms. The predicted octanol–water partition coefficient (Wildman–Crippen LogP) is 2.00. The van der Waals surface area contributed by atoms with E-state index in [0.29, 0.717) is 6.54 Å². The molecule has 1 N–H and O–H groups in total. The summed E-state index contributed by atoms with van der Waals surface area (Å²) in [7, 11) is -3.81. The number of nitrogens with one attached hydrogen (secondary N) is 1. The zero-order valence-electron chi connectivity index (χ0n) is 16.1. The van der Waals surface area contributed by atoms with Crippen LogP contribution in [0, 0.1) is 6.92 Å². The molecule has 2 atom stereocenters. The molecular formula is C19H28N2O5S. The first kappa shape index (κ1) is 21.4. The Bertz CT molecular complexity index is 761. The van der Waals surface area contributed by atoms with E-state index in [1.165, 1.54) is 19.1 Å². The summed E-state index contributed by atoms with van der Waals surface area (Å²) in [5, 5.41) is 0. The number of likely N-dealkylation sites (tertiary alicyclic amines) is 1. The van der Waals surface area contributed by atoms with Gasteiger partial charge in [-0.3, -0.25) is 9.59 Å². The molecule has 0 saturated carbocycles. The SMILES string of the molecule is CCC1CCCCN1C(=O)C(C)OC(=O)CNS(=O)(=O)c1ccc(C)cc1. The molecule has 0 aromatic heterocycles. The van der Waals surface area contributed by atoms with Crippen molar-refractivity contribution in [2.24, 2.45) is 0 Å². The molecule has 7 nitrogen and oxygen atoms in total. The van der Waals surface area contributed by atoms with Crippen LogP contribution in [0.2, 0.25) is 0 Å². The van der Waals surface area contributed by atoms with E-state index in [1.807, 2.05) is 13.8 Å². The molecule has 8 heteroatoms. The number of carbonyl (C=O) groups excluding carboxylic acids is 2. The van der Waals surface area contributed by atoms with Gasteiger partial charge in [0.25, 0.3) is 5.91 Å². The molecule has 1 heterocycles. The van der Waals surface area contributed by atoms with Gasteiger partial charge in [-0.05, 0) is 51.7 Å². The maximum atomic E-state index is 12.6. The van der Waals surface area contributed by atoms with Crippen molar-refractivity contribution in [1.82, 2.24) is 9.62 Å². The van der Waals surface area contributed by atoms with Gasteiger partial charge in [0, 0.05) is 12.6 Å². The number of hydrogen-bond acceptors (Lipinski definition) is 5. The third-order valence-electron chi connectivity index (χ3n) is 4.78. The highest BCUT2D eigenvalue weighted by molar-refractivity contribution is 7.89. The van der Waals surface area contributed by atoms with Gasteiger partial charge in [-0.2, -0.15) is 4.72 Å². The number of rotatable bonds is 7. The molecule has 2 unspecified atom stereocenters. The summed E-state index contributed by atoms with van der Waals surface area (Å²) >= 11 is 0. The average molecular weight is 397 g/mol. The largest absolute Gasteiger partial charge is 0.452 e. The van der Waals surface area contributed by atoms with Gasteiger partial charge < -0.3 is 9.64 Å². The Hall–Kier alpha value is -1.93. The molecule has 1 amide bonds. The first-order chi connectivity index (χ1) is 12.7.